The van der Waals surface area contributed by atoms with Crippen molar-refractivity contribution in [3.05, 3.63) is 0 Å². The van der Waals surface area contributed by atoms with E-state index in [4.69, 9.17) is 4.74 Å². The molecular formula is C24H47NO3S. The van der Waals surface area contributed by atoms with Crippen LogP contribution >= 0.6 is 11.8 Å². The van der Waals surface area contributed by atoms with Gasteiger partial charge in [0.2, 0.25) is 0 Å². The lowest BCUT2D eigenvalue weighted by Crippen LogP contribution is -2.37. The highest BCUT2D eigenvalue weighted by molar-refractivity contribution is 8.14. The van der Waals surface area contributed by atoms with Gasteiger partial charge in [0.1, 0.15) is 0 Å². The van der Waals surface area contributed by atoms with E-state index in [1.165, 1.54) is 102 Å². The monoisotopic (exact) mass is 429 g/mol. The van der Waals surface area contributed by atoms with Gasteiger partial charge < -0.3 is 15.2 Å². The summed E-state index contributed by atoms with van der Waals surface area (Å²) < 4.78 is 5.52. The summed E-state index contributed by atoms with van der Waals surface area (Å²) in [6.07, 6.45) is 22.1. The SMILES string of the molecule is CCCCCCCCCCCCCCCCCNC(=O)S[C@H]1CCCO[C@H]1CO. The number of carbonyl (C=O) groups excluding carboxylic acids is 1. The van der Waals surface area contributed by atoms with Crippen molar-refractivity contribution in [2.24, 2.45) is 0 Å². The van der Waals surface area contributed by atoms with Crippen LogP contribution in [0.1, 0.15) is 116 Å². The van der Waals surface area contributed by atoms with Gasteiger partial charge in [0.05, 0.1) is 12.7 Å². The Labute approximate surface area is 184 Å². The minimum absolute atomic E-state index is 0.00396. The molecule has 0 bridgehead atoms. The Morgan fingerprint density at radius 2 is 1.41 bits per heavy atom. The molecule has 0 aliphatic carbocycles. The van der Waals surface area contributed by atoms with E-state index in [-0.39, 0.29) is 23.2 Å². The fourth-order valence-corrected chi connectivity index (χ4v) is 5.04. The maximum atomic E-state index is 12.0. The number of unbranched alkanes of at least 4 members (excludes halogenated alkanes) is 14. The molecule has 1 aliphatic heterocycles. The number of rotatable bonds is 18. The van der Waals surface area contributed by atoms with Gasteiger partial charge in [0.15, 0.2) is 0 Å². The first-order chi connectivity index (χ1) is 14.3. The van der Waals surface area contributed by atoms with Gasteiger partial charge in [-0.15, -0.1) is 0 Å². The topological polar surface area (TPSA) is 58.6 Å². The van der Waals surface area contributed by atoms with Crippen LogP contribution < -0.4 is 5.32 Å². The van der Waals surface area contributed by atoms with E-state index < -0.39 is 0 Å². The zero-order chi connectivity index (χ0) is 21.0. The first-order valence-corrected chi connectivity index (χ1v) is 13.3. The fourth-order valence-electron chi connectivity index (χ4n) is 3.98. The zero-order valence-corrected chi connectivity index (χ0v) is 19.8. The second-order valence-corrected chi connectivity index (χ2v) is 9.77. The summed E-state index contributed by atoms with van der Waals surface area (Å²) in [6, 6.07) is 0. The number of nitrogens with one attached hydrogen (secondary N) is 1. The van der Waals surface area contributed by atoms with Gasteiger partial charge in [-0.1, -0.05) is 109 Å². The number of ether oxygens (including phenoxy) is 1. The van der Waals surface area contributed by atoms with Crippen LogP contribution in [0.2, 0.25) is 0 Å². The van der Waals surface area contributed by atoms with Crippen molar-refractivity contribution in [2.45, 2.75) is 127 Å². The molecule has 1 heterocycles. The molecule has 29 heavy (non-hydrogen) atoms. The molecule has 0 spiro atoms. The molecule has 1 rings (SSSR count). The highest BCUT2D eigenvalue weighted by atomic mass is 32.2. The summed E-state index contributed by atoms with van der Waals surface area (Å²) in [5.74, 6) is 0. The molecule has 0 radical (unpaired) electrons. The summed E-state index contributed by atoms with van der Waals surface area (Å²) in [5, 5.41) is 12.5. The minimum Gasteiger partial charge on any atom is -0.394 e. The third-order valence-corrected chi connectivity index (χ3v) is 7.07. The molecule has 2 N–H and O–H groups in total. The van der Waals surface area contributed by atoms with E-state index in [0.29, 0.717) is 6.61 Å². The molecule has 4 nitrogen and oxygen atoms in total. The Balaban J connectivity index is 1.80. The summed E-state index contributed by atoms with van der Waals surface area (Å²) in [5.41, 5.74) is 0. The third-order valence-electron chi connectivity index (χ3n) is 5.87. The lowest BCUT2D eigenvalue weighted by molar-refractivity contribution is -0.0124. The molecule has 5 heteroatoms. The quantitative estimate of drug-likeness (QED) is 0.234. The number of amides is 1. The largest absolute Gasteiger partial charge is 0.394 e. The highest BCUT2D eigenvalue weighted by Gasteiger charge is 2.27. The molecule has 1 aliphatic rings. The van der Waals surface area contributed by atoms with Gasteiger partial charge in [-0.05, 0) is 19.3 Å². The Bertz CT molecular complexity index is 381. The lowest BCUT2D eigenvalue weighted by Gasteiger charge is -2.29. The number of hydrogen-bond acceptors (Lipinski definition) is 4. The molecule has 0 saturated carbocycles. The molecule has 0 aromatic heterocycles. The van der Waals surface area contributed by atoms with Gasteiger partial charge >= 0.3 is 0 Å². The molecule has 1 amide bonds. The molecule has 2 atom stereocenters. The summed E-state index contributed by atoms with van der Waals surface area (Å²) >= 11 is 1.31. The zero-order valence-electron chi connectivity index (χ0n) is 19.0. The first kappa shape index (κ1) is 26.8. The lowest BCUT2D eigenvalue weighted by atomic mass is 10.0. The van der Waals surface area contributed by atoms with Crippen LogP contribution in [-0.4, -0.2) is 41.5 Å². The van der Waals surface area contributed by atoms with Gasteiger partial charge in [-0.25, -0.2) is 0 Å². The van der Waals surface area contributed by atoms with Crippen LogP contribution in [0.25, 0.3) is 0 Å². The molecule has 1 saturated heterocycles. The van der Waals surface area contributed by atoms with Gasteiger partial charge in [-0.2, -0.15) is 0 Å². The minimum atomic E-state index is -0.190. The fraction of sp³-hybridized carbons (Fsp3) is 0.958. The third kappa shape index (κ3) is 15.2. The van der Waals surface area contributed by atoms with E-state index in [1.54, 1.807) is 0 Å². The predicted octanol–water partition coefficient (Wildman–Crippen LogP) is 6.84. The van der Waals surface area contributed by atoms with Gasteiger partial charge in [0.25, 0.3) is 5.24 Å². The second-order valence-electron chi connectivity index (χ2n) is 8.55. The second kappa shape index (κ2) is 19.7. The van der Waals surface area contributed by atoms with Gasteiger partial charge in [0, 0.05) is 18.4 Å². The van der Waals surface area contributed by atoms with E-state index in [1.807, 2.05) is 0 Å². The normalized spacial score (nSPS) is 19.4. The number of thioether (sulfide) groups is 1. The Morgan fingerprint density at radius 1 is 0.897 bits per heavy atom. The summed E-state index contributed by atoms with van der Waals surface area (Å²) in [4.78, 5) is 12.0. The highest BCUT2D eigenvalue weighted by Crippen LogP contribution is 2.26. The van der Waals surface area contributed by atoms with E-state index in [2.05, 4.69) is 12.2 Å². The smallest absolute Gasteiger partial charge is 0.279 e. The standard InChI is InChI=1S/C24H47NO3S/c1-2-3-4-5-6-7-8-9-10-11-12-13-14-15-16-19-25-24(27)29-23-18-17-20-28-22(23)21-26/h22-23,26H,2-21H2,1H3,(H,25,27)/t22-,23-/m0/s1. The van der Waals surface area contributed by atoms with Crippen molar-refractivity contribution in [3.8, 4) is 0 Å². The molecule has 0 aromatic carbocycles. The van der Waals surface area contributed by atoms with Gasteiger partial charge in [-0.3, -0.25) is 4.79 Å². The Hall–Kier alpha value is -0.260. The first-order valence-electron chi connectivity index (χ1n) is 12.4. The van der Waals surface area contributed by atoms with Crippen molar-refractivity contribution < 1.29 is 14.6 Å². The number of hydrogen-bond donors (Lipinski definition) is 2. The number of aliphatic hydroxyl groups is 1. The average Bonchev–Trinajstić information content (AvgIpc) is 2.74. The van der Waals surface area contributed by atoms with Crippen molar-refractivity contribution in [1.82, 2.24) is 5.32 Å². The van der Waals surface area contributed by atoms with Crippen molar-refractivity contribution in [1.29, 1.82) is 0 Å². The van der Waals surface area contributed by atoms with Crippen LogP contribution in [0, 0.1) is 0 Å². The van der Waals surface area contributed by atoms with Crippen LogP contribution in [0.15, 0.2) is 0 Å². The average molecular weight is 430 g/mol. The maximum absolute atomic E-state index is 12.0. The number of aliphatic hydroxyl groups excluding tert-OH is 1. The van der Waals surface area contributed by atoms with Crippen molar-refractivity contribution in [2.75, 3.05) is 19.8 Å². The molecule has 0 aromatic rings. The Morgan fingerprint density at radius 3 is 1.93 bits per heavy atom. The van der Waals surface area contributed by atoms with E-state index >= 15 is 0 Å². The molecule has 172 valence electrons. The van der Waals surface area contributed by atoms with Crippen molar-refractivity contribution in [3.63, 3.8) is 0 Å². The van der Waals surface area contributed by atoms with E-state index in [9.17, 15) is 9.90 Å². The van der Waals surface area contributed by atoms with Crippen LogP contribution in [0.3, 0.4) is 0 Å². The summed E-state index contributed by atoms with van der Waals surface area (Å²) in [6.45, 7) is 3.74. The Kier molecular flexibility index (Phi) is 18.2. The molecule has 0 unspecified atom stereocenters. The van der Waals surface area contributed by atoms with Crippen molar-refractivity contribution >= 4 is 17.0 Å². The number of carbonyl (C=O) groups is 1. The van der Waals surface area contributed by atoms with Crippen LogP contribution in [0.5, 0.6) is 0 Å². The summed E-state index contributed by atoms with van der Waals surface area (Å²) in [7, 11) is 0. The van der Waals surface area contributed by atoms with Crippen LogP contribution in [-0.2, 0) is 4.74 Å². The van der Waals surface area contributed by atoms with Crippen LogP contribution in [0.4, 0.5) is 4.79 Å². The van der Waals surface area contributed by atoms with E-state index in [0.717, 1.165) is 25.8 Å². The predicted molar refractivity (Wildman–Crippen MR) is 126 cm³/mol. The maximum Gasteiger partial charge on any atom is 0.279 e. The molecular weight excluding hydrogens is 382 g/mol. The molecule has 1 fully saturated rings.